The largest absolute Gasteiger partial charge is 0.488 e. The minimum absolute atomic E-state index is 0.279. The molecule has 1 heterocycles. The summed E-state index contributed by atoms with van der Waals surface area (Å²) in [6.45, 7) is 0.693. The average molecular weight is 213 g/mol. The highest BCUT2D eigenvalue weighted by atomic mass is 16.5. The van der Waals surface area contributed by atoms with Gasteiger partial charge in [-0.2, -0.15) is 5.26 Å². The zero-order chi connectivity index (χ0) is 11.0. The lowest BCUT2D eigenvalue weighted by molar-refractivity contribution is 0.297. The third-order valence-corrected chi connectivity index (χ3v) is 2.81. The number of ether oxygens (including phenoxy) is 1. The van der Waals surface area contributed by atoms with Crippen molar-refractivity contribution in [3.8, 4) is 11.8 Å². The van der Waals surface area contributed by atoms with E-state index in [1.165, 1.54) is 12.8 Å². The van der Waals surface area contributed by atoms with Crippen LogP contribution in [0, 0.1) is 17.2 Å². The molecule has 1 aliphatic rings. The quantitative estimate of drug-likeness (QED) is 0.787. The van der Waals surface area contributed by atoms with Crippen molar-refractivity contribution in [2.24, 2.45) is 5.92 Å². The summed E-state index contributed by atoms with van der Waals surface area (Å²) in [5.41, 5.74) is 0.713. The second-order valence-corrected chi connectivity index (χ2v) is 4.12. The van der Waals surface area contributed by atoms with E-state index in [0.717, 1.165) is 5.39 Å². The predicted molar refractivity (Wildman–Crippen MR) is 59.1 cm³/mol. The molecular formula is C13H11NO2. The van der Waals surface area contributed by atoms with Gasteiger partial charge in [0.2, 0.25) is 5.76 Å². The zero-order valence-electron chi connectivity index (χ0n) is 8.77. The van der Waals surface area contributed by atoms with Gasteiger partial charge in [0, 0.05) is 0 Å². The molecule has 3 rings (SSSR count). The Bertz CT molecular complexity index is 561. The monoisotopic (exact) mass is 213 g/mol. The van der Waals surface area contributed by atoms with Crippen LogP contribution in [0.25, 0.3) is 11.0 Å². The fourth-order valence-corrected chi connectivity index (χ4v) is 1.72. The van der Waals surface area contributed by atoms with Crippen molar-refractivity contribution in [3.05, 3.63) is 30.0 Å². The Labute approximate surface area is 93.2 Å². The van der Waals surface area contributed by atoms with Crippen LogP contribution in [0.5, 0.6) is 5.75 Å². The molecule has 0 unspecified atom stereocenters. The first kappa shape index (κ1) is 9.29. The highest BCUT2D eigenvalue weighted by Gasteiger charge is 2.24. The zero-order valence-corrected chi connectivity index (χ0v) is 8.77. The number of nitriles is 1. The van der Waals surface area contributed by atoms with E-state index in [9.17, 15) is 0 Å². The summed E-state index contributed by atoms with van der Waals surface area (Å²) in [6.07, 6.45) is 2.47. The van der Waals surface area contributed by atoms with Crippen molar-refractivity contribution >= 4 is 11.0 Å². The molecule has 16 heavy (non-hydrogen) atoms. The van der Waals surface area contributed by atoms with Crippen LogP contribution in [-0.2, 0) is 0 Å². The molecule has 1 aromatic carbocycles. The van der Waals surface area contributed by atoms with Gasteiger partial charge < -0.3 is 9.15 Å². The van der Waals surface area contributed by atoms with E-state index < -0.39 is 0 Å². The lowest BCUT2D eigenvalue weighted by Gasteiger charge is -2.02. The average Bonchev–Trinajstić information content (AvgIpc) is 3.07. The molecule has 0 aliphatic heterocycles. The summed E-state index contributed by atoms with van der Waals surface area (Å²) >= 11 is 0. The maximum atomic E-state index is 8.98. The van der Waals surface area contributed by atoms with Gasteiger partial charge in [0.1, 0.15) is 11.7 Å². The maximum absolute atomic E-state index is 8.98. The van der Waals surface area contributed by atoms with Crippen molar-refractivity contribution in [1.29, 1.82) is 5.26 Å². The molecule has 3 nitrogen and oxygen atoms in total. The van der Waals surface area contributed by atoms with Gasteiger partial charge in [0.05, 0.1) is 12.0 Å². The Morgan fingerprint density at radius 1 is 1.38 bits per heavy atom. The SMILES string of the molecule is N#Cc1oc2ccccc2c1OCC1CC1. The van der Waals surface area contributed by atoms with Crippen molar-refractivity contribution < 1.29 is 9.15 Å². The summed E-state index contributed by atoms with van der Waals surface area (Å²) < 4.78 is 11.1. The molecule has 3 heteroatoms. The summed E-state index contributed by atoms with van der Waals surface area (Å²) in [5, 5.41) is 9.87. The summed E-state index contributed by atoms with van der Waals surface area (Å²) in [5.74, 6) is 1.55. The van der Waals surface area contributed by atoms with Crippen LogP contribution < -0.4 is 4.74 Å². The Morgan fingerprint density at radius 2 is 2.19 bits per heavy atom. The summed E-state index contributed by atoms with van der Waals surface area (Å²) in [7, 11) is 0. The van der Waals surface area contributed by atoms with E-state index >= 15 is 0 Å². The van der Waals surface area contributed by atoms with Crippen LogP contribution in [0.4, 0.5) is 0 Å². The van der Waals surface area contributed by atoms with Crippen LogP contribution in [0.2, 0.25) is 0 Å². The lowest BCUT2D eigenvalue weighted by atomic mass is 10.2. The molecule has 1 fully saturated rings. The number of fused-ring (bicyclic) bond motifs is 1. The number of nitrogens with zero attached hydrogens (tertiary/aromatic N) is 1. The van der Waals surface area contributed by atoms with Gasteiger partial charge in [-0.15, -0.1) is 0 Å². The van der Waals surface area contributed by atoms with Crippen molar-refractivity contribution in [3.63, 3.8) is 0 Å². The van der Waals surface area contributed by atoms with Gasteiger partial charge in [-0.05, 0) is 30.9 Å². The Hall–Kier alpha value is -1.95. The molecule has 1 aliphatic carbocycles. The highest BCUT2D eigenvalue weighted by Crippen LogP contribution is 2.35. The van der Waals surface area contributed by atoms with E-state index in [-0.39, 0.29) is 5.76 Å². The third kappa shape index (κ3) is 1.53. The Balaban J connectivity index is 2.01. The molecule has 1 aromatic heterocycles. The lowest BCUT2D eigenvalue weighted by Crippen LogP contribution is -1.99. The molecular weight excluding hydrogens is 202 g/mol. The number of hydrogen-bond acceptors (Lipinski definition) is 3. The minimum atomic E-state index is 0.279. The van der Waals surface area contributed by atoms with E-state index in [4.69, 9.17) is 14.4 Å². The predicted octanol–water partition coefficient (Wildman–Crippen LogP) is 3.09. The molecule has 0 saturated heterocycles. The van der Waals surface area contributed by atoms with Gasteiger partial charge in [0.15, 0.2) is 5.75 Å². The van der Waals surface area contributed by atoms with Gasteiger partial charge in [-0.25, -0.2) is 0 Å². The molecule has 0 bridgehead atoms. The van der Waals surface area contributed by atoms with Gasteiger partial charge >= 0.3 is 0 Å². The molecule has 2 aromatic rings. The smallest absolute Gasteiger partial charge is 0.246 e. The van der Waals surface area contributed by atoms with Crippen molar-refractivity contribution in [2.45, 2.75) is 12.8 Å². The molecule has 0 amide bonds. The minimum Gasteiger partial charge on any atom is -0.488 e. The number of benzene rings is 1. The van der Waals surface area contributed by atoms with Crippen LogP contribution in [0.1, 0.15) is 18.6 Å². The number of hydrogen-bond donors (Lipinski definition) is 0. The normalized spacial score (nSPS) is 14.9. The van der Waals surface area contributed by atoms with Gasteiger partial charge in [-0.1, -0.05) is 12.1 Å². The topological polar surface area (TPSA) is 46.2 Å². The first-order valence-electron chi connectivity index (χ1n) is 5.43. The van der Waals surface area contributed by atoms with Crippen LogP contribution in [-0.4, -0.2) is 6.61 Å². The highest BCUT2D eigenvalue weighted by molar-refractivity contribution is 5.86. The summed E-state index contributed by atoms with van der Waals surface area (Å²) in [6, 6.07) is 9.61. The molecule has 0 radical (unpaired) electrons. The third-order valence-electron chi connectivity index (χ3n) is 2.81. The first-order chi connectivity index (χ1) is 7.88. The number of para-hydroxylation sites is 1. The van der Waals surface area contributed by atoms with Crippen molar-refractivity contribution in [2.75, 3.05) is 6.61 Å². The second-order valence-electron chi connectivity index (χ2n) is 4.12. The van der Waals surface area contributed by atoms with E-state index in [1.54, 1.807) is 0 Å². The molecule has 0 spiro atoms. The van der Waals surface area contributed by atoms with E-state index in [0.29, 0.717) is 23.9 Å². The Kier molecular flexibility index (Phi) is 2.07. The fraction of sp³-hybridized carbons (Fsp3) is 0.308. The van der Waals surface area contributed by atoms with Crippen molar-refractivity contribution in [1.82, 2.24) is 0 Å². The first-order valence-corrected chi connectivity index (χ1v) is 5.43. The van der Waals surface area contributed by atoms with Crippen LogP contribution >= 0.6 is 0 Å². The standard InChI is InChI=1S/C13H11NO2/c14-7-12-13(15-8-9-5-6-9)10-3-1-2-4-11(10)16-12/h1-4,9H,5-6,8H2. The molecule has 80 valence electrons. The van der Waals surface area contributed by atoms with Gasteiger partial charge in [-0.3, -0.25) is 0 Å². The second kappa shape index (κ2) is 3.57. The van der Waals surface area contributed by atoms with Crippen LogP contribution in [0.15, 0.2) is 28.7 Å². The molecule has 0 N–H and O–H groups in total. The summed E-state index contributed by atoms with van der Waals surface area (Å²) in [4.78, 5) is 0. The molecule has 0 atom stereocenters. The van der Waals surface area contributed by atoms with E-state index in [2.05, 4.69) is 0 Å². The molecule has 1 saturated carbocycles. The van der Waals surface area contributed by atoms with Crippen LogP contribution in [0.3, 0.4) is 0 Å². The van der Waals surface area contributed by atoms with E-state index in [1.807, 2.05) is 30.3 Å². The fourth-order valence-electron chi connectivity index (χ4n) is 1.72. The number of rotatable bonds is 3. The number of furan rings is 1. The Morgan fingerprint density at radius 3 is 2.94 bits per heavy atom. The van der Waals surface area contributed by atoms with Gasteiger partial charge in [0.25, 0.3) is 0 Å². The maximum Gasteiger partial charge on any atom is 0.246 e.